The van der Waals surface area contributed by atoms with Crippen molar-refractivity contribution in [1.82, 2.24) is 0 Å². The zero-order valence-electron chi connectivity index (χ0n) is 10.8. The molecule has 0 radical (unpaired) electrons. The standard InChI is InChI=1S/C13H24O3/c1-4-5-6-7-8-9-10-16-13(15)11(2)12(3)14/h11H,4-10H2,1-3H3. The first kappa shape index (κ1) is 15.1. The summed E-state index contributed by atoms with van der Waals surface area (Å²) in [6.07, 6.45) is 6.98. The molecular weight excluding hydrogens is 204 g/mol. The molecule has 0 aromatic heterocycles. The summed E-state index contributed by atoms with van der Waals surface area (Å²) in [5.74, 6) is -1.13. The zero-order valence-corrected chi connectivity index (χ0v) is 10.8. The monoisotopic (exact) mass is 228 g/mol. The molecule has 16 heavy (non-hydrogen) atoms. The van der Waals surface area contributed by atoms with E-state index in [1.807, 2.05) is 0 Å². The van der Waals surface area contributed by atoms with Crippen LogP contribution in [0.15, 0.2) is 0 Å². The number of ether oxygens (including phenoxy) is 1. The second kappa shape index (κ2) is 9.37. The third kappa shape index (κ3) is 7.43. The van der Waals surface area contributed by atoms with E-state index in [1.165, 1.54) is 32.6 Å². The fourth-order valence-electron chi connectivity index (χ4n) is 1.35. The molecule has 0 spiro atoms. The molecule has 1 atom stereocenters. The smallest absolute Gasteiger partial charge is 0.316 e. The van der Waals surface area contributed by atoms with Crippen LogP contribution in [-0.2, 0) is 14.3 Å². The first-order valence-corrected chi connectivity index (χ1v) is 6.26. The van der Waals surface area contributed by atoms with E-state index in [1.54, 1.807) is 6.92 Å². The highest BCUT2D eigenvalue weighted by Gasteiger charge is 2.18. The number of esters is 1. The quantitative estimate of drug-likeness (QED) is 0.346. The van der Waals surface area contributed by atoms with E-state index < -0.39 is 5.92 Å². The highest BCUT2D eigenvalue weighted by molar-refractivity contribution is 5.97. The lowest BCUT2D eigenvalue weighted by Gasteiger charge is -2.08. The van der Waals surface area contributed by atoms with Crippen LogP contribution in [0.2, 0.25) is 0 Å². The lowest BCUT2D eigenvalue weighted by Crippen LogP contribution is -2.21. The van der Waals surface area contributed by atoms with E-state index in [4.69, 9.17) is 4.74 Å². The maximum Gasteiger partial charge on any atom is 0.316 e. The predicted octanol–water partition coefficient (Wildman–Crippen LogP) is 3.12. The minimum Gasteiger partial charge on any atom is -0.465 e. The summed E-state index contributed by atoms with van der Waals surface area (Å²) in [5, 5.41) is 0. The van der Waals surface area contributed by atoms with Gasteiger partial charge in [-0.3, -0.25) is 9.59 Å². The third-order valence-corrected chi connectivity index (χ3v) is 2.71. The van der Waals surface area contributed by atoms with Crippen LogP contribution in [0, 0.1) is 5.92 Å². The highest BCUT2D eigenvalue weighted by Crippen LogP contribution is 2.06. The Morgan fingerprint density at radius 1 is 1.06 bits per heavy atom. The van der Waals surface area contributed by atoms with Crippen LogP contribution in [0.3, 0.4) is 0 Å². The Balaban J connectivity index is 3.38. The van der Waals surface area contributed by atoms with Gasteiger partial charge in [0.25, 0.3) is 0 Å². The molecule has 0 N–H and O–H groups in total. The van der Waals surface area contributed by atoms with Crippen molar-refractivity contribution in [1.29, 1.82) is 0 Å². The lowest BCUT2D eigenvalue weighted by atomic mass is 10.1. The van der Waals surface area contributed by atoms with Gasteiger partial charge in [0.15, 0.2) is 0 Å². The van der Waals surface area contributed by atoms with Crippen molar-refractivity contribution in [3.8, 4) is 0 Å². The maximum atomic E-state index is 11.3. The summed E-state index contributed by atoms with van der Waals surface area (Å²) in [7, 11) is 0. The van der Waals surface area contributed by atoms with Crippen LogP contribution in [0.25, 0.3) is 0 Å². The molecule has 0 saturated heterocycles. The summed E-state index contributed by atoms with van der Waals surface area (Å²) in [6.45, 7) is 5.64. The van der Waals surface area contributed by atoms with E-state index in [-0.39, 0.29) is 11.8 Å². The average molecular weight is 228 g/mol. The molecule has 0 rings (SSSR count). The number of carbonyl (C=O) groups excluding carboxylic acids is 2. The van der Waals surface area contributed by atoms with Crippen LogP contribution in [0.4, 0.5) is 0 Å². The Labute approximate surface area is 98.6 Å². The largest absolute Gasteiger partial charge is 0.465 e. The Bertz CT molecular complexity index is 211. The summed E-state index contributed by atoms with van der Waals surface area (Å²) < 4.78 is 5.01. The first-order valence-electron chi connectivity index (χ1n) is 6.26. The van der Waals surface area contributed by atoms with E-state index in [9.17, 15) is 9.59 Å². The van der Waals surface area contributed by atoms with E-state index >= 15 is 0 Å². The number of ketones is 1. The summed E-state index contributed by atoms with van der Waals surface area (Å²) in [6, 6.07) is 0. The highest BCUT2D eigenvalue weighted by atomic mass is 16.5. The SMILES string of the molecule is CCCCCCCCOC(=O)C(C)C(C)=O. The van der Waals surface area contributed by atoms with Gasteiger partial charge in [0, 0.05) is 0 Å². The van der Waals surface area contributed by atoms with Gasteiger partial charge in [0.2, 0.25) is 0 Å². The normalized spacial score (nSPS) is 12.2. The molecule has 0 aromatic carbocycles. The molecule has 0 aliphatic rings. The summed E-state index contributed by atoms with van der Waals surface area (Å²) in [5.41, 5.74) is 0. The van der Waals surface area contributed by atoms with Crippen LogP contribution in [0.1, 0.15) is 59.3 Å². The molecule has 94 valence electrons. The van der Waals surface area contributed by atoms with Crippen molar-refractivity contribution in [2.45, 2.75) is 59.3 Å². The molecule has 3 nitrogen and oxygen atoms in total. The van der Waals surface area contributed by atoms with Gasteiger partial charge in [0.1, 0.15) is 11.7 Å². The fraction of sp³-hybridized carbons (Fsp3) is 0.846. The van der Waals surface area contributed by atoms with Crippen LogP contribution < -0.4 is 0 Å². The van der Waals surface area contributed by atoms with Gasteiger partial charge in [0.05, 0.1) is 6.61 Å². The molecule has 0 fully saturated rings. The van der Waals surface area contributed by atoms with Crippen molar-refractivity contribution in [2.75, 3.05) is 6.61 Å². The molecule has 0 aliphatic heterocycles. The van der Waals surface area contributed by atoms with Gasteiger partial charge in [-0.1, -0.05) is 39.0 Å². The Kier molecular flexibility index (Phi) is 8.87. The number of Topliss-reactive ketones (excluding diaryl/α,β-unsaturated/α-hetero) is 1. The fourth-order valence-corrected chi connectivity index (χ4v) is 1.35. The summed E-state index contributed by atoms with van der Waals surface area (Å²) >= 11 is 0. The molecule has 0 amide bonds. The first-order chi connectivity index (χ1) is 7.59. The number of rotatable bonds is 9. The van der Waals surface area contributed by atoms with Gasteiger partial charge < -0.3 is 4.74 Å². The van der Waals surface area contributed by atoms with Crippen LogP contribution in [0.5, 0.6) is 0 Å². The van der Waals surface area contributed by atoms with Gasteiger partial charge in [-0.2, -0.15) is 0 Å². The zero-order chi connectivity index (χ0) is 12.4. The van der Waals surface area contributed by atoms with E-state index in [0.717, 1.165) is 12.8 Å². The summed E-state index contributed by atoms with van der Waals surface area (Å²) in [4.78, 5) is 22.2. The molecule has 3 heteroatoms. The topological polar surface area (TPSA) is 43.4 Å². The molecule has 1 unspecified atom stereocenters. The van der Waals surface area contributed by atoms with Crippen molar-refractivity contribution in [2.24, 2.45) is 5.92 Å². The van der Waals surface area contributed by atoms with Gasteiger partial charge in [-0.05, 0) is 20.3 Å². The van der Waals surface area contributed by atoms with Gasteiger partial charge in [-0.15, -0.1) is 0 Å². The van der Waals surface area contributed by atoms with E-state index in [2.05, 4.69) is 6.92 Å². The van der Waals surface area contributed by atoms with Crippen molar-refractivity contribution in [3.63, 3.8) is 0 Å². The molecule has 0 bridgehead atoms. The second-order valence-corrected chi connectivity index (χ2v) is 4.27. The Hall–Kier alpha value is -0.860. The number of hydrogen-bond acceptors (Lipinski definition) is 3. The third-order valence-electron chi connectivity index (χ3n) is 2.71. The predicted molar refractivity (Wildman–Crippen MR) is 64.2 cm³/mol. The maximum absolute atomic E-state index is 11.3. The van der Waals surface area contributed by atoms with Crippen LogP contribution >= 0.6 is 0 Å². The molecule has 0 saturated carbocycles. The lowest BCUT2D eigenvalue weighted by molar-refractivity contribution is -0.150. The molecule has 0 aliphatic carbocycles. The molecular formula is C13H24O3. The number of unbranched alkanes of at least 4 members (excludes halogenated alkanes) is 5. The number of carbonyl (C=O) groups is 2. The van der Waals surface area contributed by atoms with Gasteiger partial charge >= 0.3 is 5.97 Å². The van der Waals surface area contributed by atoms with Crippen molar-refractivity contribution >= 4 is 11.8 Å². The molecule has 0 heterocycles. The minimum absolute atomic E-state index is 0.132. The van der Waals surface area contributed by atoms with Crippen LogP contribution in [-0.4, -0.2) is 18.4 Å². The average Bonchev–Trinajstić information content (AvgIpc) is 2.26. The molecule has 0 aromatic rings. The minimum atomic E-state index is -0.611. The van der Waals surface area contributed by atoms with Crippen molar-refractivity contribution < 1.29 is 14.3 Å². The van der Waals surface area contributed by atoms with Gasteiger partial charge in [-0.25, -0.2) is 0 Å². The second-order valence-electron chi connectivity index (χ2n) is 4.27. The van der Waals surface area contributed by atoms with Crippen molar-refractivity contribution in [3.05, 3.63) is 0 Å². The Morgan fingerprint density at radius 2 is 1.62 bits per heavy atom. The van der Waals surface area contributed by atoms with E-state index in [0.29, 0.717) is 6.61 Å². The Morgan fingerprint density at radius 3 is 2.19 bits per heavy atom. The number of hydrogen-bond donors (Lipinski definition) is 0.